The first kappa shape index (κ1) is 22.3. The lowest BCUT2D eigenvalue weighted by molar-refractivity contribution is 0.120. The molecule has 0 spiro atoms. The molecule has 0 bridgehead atoms. The normalized spacial score (nSPS) is 11.4. The van der Waals surface area contributed by atoms with Crippen LogP contribution < -0.4 is 10.1 Å². The molecular formula is C24H29N5O2S. The number of anilines is 1. The highest BCUT2D eigenvalue weighted by atomic mass is 32.1. The first-order chi connectivity index (χ1) is 15.7. The van der Waals surface area contributed by atoms with Crippen molar-refractivity contribution in [1.29, 1.82) is 0 Å². The van der Waals surface area contributed by atoms with E-state index in [-0.39, 0.29) is 0 Å². The molecule has 168 valence electrons. The molecule has 0 saturated carbocycles. The Morgan fingerprint density at radius 2 is 2.03 bits per heavy atom. The second-order valence-electron chi connectivity index (χ2n) is 7.54. The smallest absolute Gasteiger partial charge is 0.194 e. The predicted molar refractivity (Wildman–Crippen MR) is 129 cm³/mol. The number of methoxy groups -OCH3 is 1. The Labute approximate surface area is 192 Å². The molecular weight excluding hydrogens is 422 g/mol. The van der Waals surface area contributed by atoms with E-state index in [1.165, 1.54) is 5.69 Å². The number of rotatable bonds is 11. The van der Waals surface area contributed by atoms with Crippen LogP contribution in [0.2, 0.25) is 0 Å². The third-order valence-corrected chi connectivity index (χ3v) is 6.13. The van der Waals surface area contributed by atoms with Crippen LogP contribution in [0.5, 0.6) is 5.75 Å². The van der Waals surface area contributed by atoms with Crippen molar-refractivity contribution in [1.82, 2.24) is 19.3 Å². The maximum absolute atomic E-state index is 5.47. The van der Waals surface area contributed by atoms with Gasteiger partial charge in [-0.05, 0) is 43.8 Å². The van der Waals surface area contributed by atoms with E-state index >= 15 is 0 Å². The van der Waals surface area contributed by atoms with Gasteiger partial charge in [0.1, 0.15) is 11.6 Å². The van der Waals surface area contributed by atoms with E-state index in [2.05, 4.69) is 56.4 Å². The number of pyridine rings is 1. The molecule has 4 rings (SSSR count). The lowest BCUT2D eigenvalue weighted by Gasteiger charge is -2.15. The van der Waals surface area contributed by atoms with Crippen molar-refractivity contribution >= 4 is 22.1 Å². The Hall–Kier alpha value is -2.94. The molecule has 1 aromatic carbocycles. The van der Waals surface area contributed by atoms with Crippen LogP contribution in [0.4, 0.5) is 5.82 Å². The van der Waals surface area contributed by atoms with Crippen molar-refractivity contribution in [2.75, 3.05) is 39.2 Å². The van der Waals surface area contributed by atoms with Crippen LogP contribution in [0, 0.1) is 0 Å². The van der Waals surface area contributed by atoms with Gasteiger partial charge in [0.05, 0.1) is 19.4 Å². The van der Waals surface area contributed by atoms with E-state index in [0.717, 1.165) is 59.7 Å². The van der Waals surface area contributed by atoms with Crippen LogP contribution in [0.1, 0.15) is 18.2 Å². The molecule has 0 saturated heterocycles. The second kappa shape index (κ2) is 10.6. The largest absolute Gasteiger partial charge is 0.497 e. The summed E-state index contributed by atoms with van der Waals surface area (Å²) in [7, 11) is 3.79. The maximum Gasteiger partial charge on any atom is 0.194 e. The highest BCUT2D eigenvalue weighted by molar-refractivity contribution is 7.15. The molecule has 0 aliphatic heterocycles. The summed E-state index contributed by atoms with van der Waals surface area (Å²) in [5.41, 5.74) is 4.29. The monoisotopic (exact) mass is 451 g/mol. The first-order valence-electron chi connectivity index (χ1n) is 10.7. The zero-order valence-electron chi connectivity index (χ0n) is 18.7. The van der Waals surface area contributed by atoms with Crippen molar-refractivity contribution in [2.45, 2.75) is 20.0 Å². The lowest BCUT2D eigenvalue weighted by Crippen LogP contribution is -2.23. The number of hydrogen-bond acceptors (Lipinski definition) is 7. The van der Waals surface area contributed by atoms with Gasteiger partial charge in [-0.25, -0.2) is 9.97 Å². The third-order valence-electron chi connectivity index (χ3n) is 5.24. The highest BCUT2D eigenvalue weighted by Crippen LogP contribution is 2.28. The summed E-state index contributed by atoms with van der Waals surface area (Å²) in [6, 6.07) is 12.0. The highest BCUT2D eigenvalue weighted by Gasteiger charge is 2.14. The molecule has 32 heavy (non-hydrogen) atoms. The Kier molecular flexibility index (Phi) is 7.36. The lowest BCUT2D eigenvalue weighted by atomic mass is 10.2. The fraction of sp³-hybridized carbons (Fsp3) is 0.333. The van der Waals surface area contributed by atoms with Gasteiger partial charge in [0.25, 0.3) is 0 Å². The van der Waals surface area contributed by atoms with Gasteiger partial charge in [-0.1, -0.05) is 12.1 Å². The summed E-state index contributed by atoms with van der Waals surface area (Å²) >= 11 is 1.66. The van der Waals surface area contributed by atoms with Gasteiger partial charge < -0.3 is 14.8 Å². The van der Waals surface area contributed by atoms with Gasteiger partial charge in [-0.15, -0.1) is 11.3 Å². The number of fused-ring (bicyclic) bond motifs is 1. The molecule has 4 aromatic rings. The number of imidazole rings is 1. The average molecular weight is 452 g/mol. The minimum absolute atomic E-state index is 0.673. The fourth-order valence-electron chi connectivity index (χ4n) is 3.48. The second-order valence-corrected chi connectivity index (χ2v) is 8.38. The van der Waals surface area contributed by atoms with Gasteiger partial charge >= 0.3 is 0 Å². The minimum Gasteiger partial charge on any atom is -0.497 e. The molecule has 1 N–H and O–H groups in total. The molecule has 0 aliphatic rings. The summed E-state index contributed by atoms with van der Waals surface area (Å²) < 4.78 is 12.9. The molecule has 0 aliphatic carbocycles. The van der Waals surface area contributed by atoms with Crippen molar-refractivity contribution in [3.8, 4) is 17.0 Å². The molecule has 0 unspecified atom stereocenters. The molecule has 0 atom stereocenters. The topological polar surface area (TPSA) is 63.9 Å². The summed E-state index contributed by atoms with van der Waals surface area (Å²) in [5.74, 6) is 1.68. The molecule has 0 fully saturated rings. The number of likely N-dealkylation sites (N-methyl/N-ethyl adjacent to an activating group) is 1. The summed E-state index contributed by atoms with van der Waals surface area (Å²) in [4.78, 5) is 12.7. The van der Waals surface area contributed by atoms with Gasteiger partial charge in [-0.3, -0.25) is 9.30 Å². The van der Waals surface area contributed by atoms with Crippen LogP contribution in [0.3, 0.4) is 0 Å². The van der Waals surface area contributed by atoms with Gasteiger partial charge in [0.15, 0.2) is 4.96 Å². The van der Waals surface area contributed by atoms with Gasteiger partial charge in [-0.2, -0.15) is 0 Å². The zero-order chi connectivity index (χ0) is 22.3. The standard InChI is InChI=1S/C24H29N5O2S/c1-4-31-13-12-28(2)15-19-17-32-24-27-22(16-29(19)24)21-6-5-11-25-23(21)26-14-18-7-9-20(30-3)10-8-18/h5-11,16-17H,4,12-15H2,1-3H3,(H,25,26). The van der Waals surface area contributed by atoms with Crippen LogP contribution in [-0.4, -0.2) is 53.2 Å². The molecule has 8 heteroatoms. The minimum atomic E-state index is 0.673. The number of ether oxygens (including phenoxy) is 2. The van der Waals surface area contributed by atoms with Crippen LogP contribution >= 0.6 is 11.3 Å². The van der Waals surface area contributed by atoms with Crippen LogP contribution in [-0.2, 0) is 17.8 Å². The van der Waals surface area contributed by atoms with E-state index in [9.17, 15) is 0 Å². The van der Waals surface area contributed by atoms with E-state index in [1.807, 2.05) is 25.1 Å². The van der Waals surface area contributed by atoms with Crippen molar-refractivity contribution in [3.63, 3.8) is 0 Å². The van der Waals surface area contributed by atoms with E-state index < -0.39 is 0 Å². The maximum atomic E-state index is 5.47. The molecule has 0 radical (unpaired) electrons. The molecule has 0 amide bonds. The van der Waals surface area contributed by atoms with Gasteiger partial charge in [0, 0.05) is 55.3 Å². The van der Waals surface area contributed by atoms with E-state index in [4.69, 9.17) is 14.5 Å². The van der Waals surface area contributed by atoms with Crippen molar-refractivity contribution in [3.05, 3.63) is 65.4 Å². The van der Waals surface area contributed by atoms with Crippen LogP contribution in [0.15, 0.2) is 54.2 Å². The van der Waals surface area contributed by atoms with Crippen LogP contribution in [0.25, 0.3) is 16.2 Å². The number of aromatic nitrogens is 3. The number of thiazole rings is 1. The molecule has 3 aromatic heterocycles. The SMILES string of the molecule is CCOCCN(C)Cc1csc2nc(-c3cccnc3NCc3ccc(OC)cc3)cn12. The van der Waals surface area contributed by atoms with Gasteiger partial charge in [0.2, 0.25) is 0 Å². The van der Waals surface area contributed by atoms with Crippen molar-refractivity contribution < 1.29 is 9.47 Å². The Morgan fingerprint density at radius 3 is 2.81 bits per heavy atom. The average Bonchev–Trinajstić information content (AvgIpc) is 3.40. The predicted octanol–water partition coefficient (Wildman–Crippen LogP) is 4.55. The summed E-state index contributed by atoms with van der Waals surface area (Å²) in [5, 5.41) is 5.63. The summed E-state index contributed by atoms with van der Waals surface area (Å²) in [6.07, 6.45) is 3.91. The number of nitrogens with one attached hydrogen (secondary N) is 1. The quantitative estimate of drug-likeness (QED) is 0.338. The number of nitrogens with zero attached hydrogens (tertiary/aromatic N) is 4. The Bertz CT molecular complexity index is 1140. The van der Waals surface area contributed by atoms with E-state index in [0.29, 0.717) is 6.54 Å². The Morgan fingerprint density at radius 1 is 1.19 bits per heavy atom. The van der Waals surface area contributed by atoms with Crippen molar-refractivity contribution in [2.24, 2.45) is 0 Å². The number of benzene rings is 1. The third kappa shape index (κ3) is 5.27. The summed E-state index contributed by atoms with van der Waals surface area (Å²) in [6.45, 7) is 5.93. The van der Waals surface area contributed by atoms with E-state index in [1.54, 1.807) is 24.6 Å². The molecule has 7 nitrogen and oxygen atoms in total. The number of hydrogen-bond donors (Lipinski definition) is 1. The first-order valence-corrected chi connectivity index (χ1v) is 11.6. The fourth-order valence-corrected chi connectivity index (χ4v) is 4.34. The molecule has 3 heterocycles. The zero-order valence-corrected chi connectivity index (χ0v) is 19.6. The Balaban J connectivity index is 1.49.